The standard InChI is InChI=1S/C20H21F2N5O2S/c1-13(23)24-12-20(14-7-5-4-6-8-14)27(19(28)26(2)29-3)25-18(30-20)16-11-15(21)9-10-17(16)22/h4-11H,12H2,1-3H3,(H2,23,24). The maximum absolute atomic E-state index is 14.5. The maximum Gasteiger partial charge on any atom is 0.365 e. The molecule has 3 rings (SSSR count). The second-order valence-electron chi connectivity index (χ2n) is 6.51. The molecular formula is C20H21F2N5O2S. The minimum absolute atomic E-state index is 0.0389. The third-order valence-corrected chi connectivity index (χ3v) is 5.82. The number of hydrogen-bond acceptors (Lipinski definition) is 5. The van der Waals surface area contributed by atoms with Crippen LogP contribution in [-0.2, 0) is 9.71 Å². The van der Waals surface area contributed by atoms with Crippen LogP contribution in [0.1, 0.15) is 18.1 Å². The monoisotopic (exact) mass is 433 g/mol. The number of amides is 2. The number of nitrogens with zero attached hydrogens (tertiary/aromatic N) is 4. The van der Waals surface area contributed by atoms with Crippen LogP contribution in [0.15, 0.2) is 58.6 Å². The molecule has 1 aliphatic heterocycles. The summed E-state index contributed by atoms with van der Waals surface area (Å²) < 4.78 is 28.3. The van der Waals surface area contributed by atoms with Crippen molar-refractivity contribution < 1.29 is 18.4 Å². The van der Waals surface area contributed by atoms with Crippen molar-refractivity contribution in [2.75, 3.05) is 20.7 Å². The third-order valence-electron chi connectivity index (χ3n) is 4.45. The Morgan fingerprint density at radius 1 is 1.30 bits per heavy atom. The number of nitrogens with two attached hydrogens (primary N) is 1. The lowest BCUT2D eigenvalue weighted by molar-refractivity contribution is -0.0798. The molecule has 2 amide bonds. The molecule has 10 heteroatoms. The molecule has 30 heavy (non-hydrogen) atoms. The molecule has 1 atom stereocenters. The Balaban J connectivity index is 2.19. The number of hydrogen-bond donors (Lipinski definition) is 1. The molecule has 0 saturated carbocycles. The van der Waals surface area contributed by atoms with E-state index in [4.69, 9.17) is 10.6 Å². The van der Waals surface area contributed by atoms with Crippen LogP contribution in [0.3, 0.4) is 0 Å². The van der Waals surface area contributed by atoms with Crippen molar-refractivity contribution >= 4 is 28.7 Å². The van der Waals surface area contributed by atoms with Crippen molar-refractivity contribution in [2.24, 2.45) is 15.8 Å². The average Bonchev–Trinajstić information content (AvgIpc) is 3.14. The highest BCUT2D eigenvalue weighted by Crippen LogP contribution is 2.48. The highest BCUT2D eigenvalue weighted by molar-refractivity contribution is 8.15. The molecule has 7 nitrogen and oxygen atoms in total. The van der Waals surface area contributed by atoms with E-state index in [1.54, 1.807) is 19.1 Å². The fourth-order valence-electron chi connectivity index (χ4n) is 2.88. The second-order valence-corrected chi connectivity index (χ2v) is 7.78. The first kappa shape index (κ1) is 21.7. The molecule has 0 aromatic heterocycles. The first-order valence-corrected chi connectivity index (χ1v) is 9.77. The van der Waals surface area contributed by atoms with Gasteiger partial charge >= 0.3 is 6.03 Å². The SMILES string of the molecule is CON(C)C(=O)N1N=C(c2cc(F)ccc2F)SC1(CN=C(C)N)c1ccccc1. The van der Waals surface area contributed by atoms with Gasteiger partial charge in [-0.15, -0.1) is 0 Å². The smallest absolute Gasteiger partial charge is 0.365 e. The summed E-state index contributed by atoms with van der Waals surface area (Å²) in [6, 6.07) is 11.5. The number of carbonyl (C=O) groups is 1. The molecule has 0 radical (unpaired) electrons. The van der Waals surface area contributed by atoms with Gasteiger partial charge in [-0.05, 0) is 30.7 Å². The fourth-order valence-corrected chi connectivity index (χ4v) is 4.17. The Hall–Kier alpha value is -2.98. The molecule has 0 spiro atoms. The normalized spacial score (nSPS) is 19.0. The molecule has 158 valence electrons. The lowest BCUT2D eigenvalue weighted by Gasteiger charge is -2.35. The Bertz CT molecular complexity index is 998. The van der Waals surface area contributed by atoms with Crippen molar-refractivity contribution in [3.63, 3.8) is 0 Å². The van der Waals surface area contributed by atoms with E-state index in [1.807, 2.05) is 18.2 Å². The number of hydroxylamine groups is 2. The molecule has 2 aromatic carbocycles. The Morgan fingerprint density at radius 3 is 2.63 bits per heavy atom. The average molecular weight is 433 g/mol. The Labute approximate surface area is 177 Å². The van der Waals surface area contributed by atoms with Crippen LogP contribution >= 0.6 is 11.8 Å². The van der Waals surface area contributed by atoms with Gasteiger partial charge in [0.25, 0.3) is 0 Å². The molecule has 1 aliphatic rings. The first-order valence-electron chi connectivity index (χ1n) is 8.95. The van der Waals surface area contributed by atoms with Crippen molar-refractivity contribution in [2.45, 2.75) is 11.8 Å². The van der Waals surface area contributed by atoms with Gasteiger partial charge in [0, 0.05) is 12.6 Å². The van der Waals surface area contributed by atoms with E-state index in [0.29, 0.717) is 11.4 Å². The molecule has 0 saturated heterocycles. The van der Waals surface area contributed by atoms with Crippen molar-refractivity contribution in [3.05, 3.63) is 71.3 Å². The fraction of sp³-hybridized carbons (Fsp3) is 0.250. The van der Waals surface area contributed by atoms with Gasteiger partial charge in [0.05, 0.1) is 19.5 Å². The highest BCUT2D eigenvalue weighted by atomic mass is 32.2. The van der Waals surface area contributed by atoms with Gasteiger partial charge in [-0.2, -0.15) is 10.1 Å². The van der Waals surface area contributed by atoms with Crippen LogP contribution in [0.2, 0.25) is 0 Å². The quantitative estimate of drug-likeness (QED) is 0.444. The zero-order valence-electron chi connectivity index (χ0n) is 16.7. The van der Waals surface area contributed by atoms with Gasteiger partial charge in [-0.1, -0.05) is 42.1 Å². The molecular weight excluding hydrogens is 412 g/mol. The van der Waals surface area contributed by atoms with Crippen LogP contribution in [-0.4, -0.2) is 47.7 Å². The predicted molar refractivity (Wildman–Crippen MR) is 113 cm³/mol. The molecule has 0 fully saturated rings. The number of halogens is 2. The number of thioether (sulfide) groups is 1. The zero-order chi connectivity index (χ0) is 21.9. The number of hydrazone groups is 1. The molecule has 1 heterocycles. The van der Waals surface area contributed by atoms with Crippen molar-refractivity contribution in [3.8, 4) is 0 Å². The third kappa shape index (κ3) is 4.14. The molecule has 0 bridgehead atoms. The maximum atomic E-state index is 14.5. The lowest BCUT2D eigenvalue weighted by Crippen LogP contribution is -2.48. The number of benzene rings is 2. The molecule has 2 N–H and O–H groups in total. The van der Waals surface area contributed by atoms with E-state index < -0.39 is 22.5 Å². The largest absolute Gasteiger partial charge is 0.388 e. The van der Waals surface area contributed by atoms with E-state index in [-0.39, 0.29) is 17.2 Å². The van der Waals surface area contributed by atoms with Crippen LogP contribution in [0, 0.1) is 11.6 Å². The Morgan fingerprint density at radius 2 is 2.00 bits per heavy atom. The summed E-state index contributed by atoms with van der Waals surface area (Å²) in [7, 11) is 2.76. The summed E-state index contributed by atoms with van der Waals surface area (Å²) in [5, 5.41) is 6.66. The van der Waals surface area contributed by atoms with Crippen LogP contribution in [0.4, 0.5) is 13.6 Å². The van der Waals surface area contributed by atoms with E-state index in [1.165, 1.54) is 19.2 Å². The molecule has 0 aliphatic carbocycles. The van der Waals surface area contributed by atoms with E-state index in [9.17, 15) is 13.6 Å². The first-order chi connectivity index (χ1) is 14.3. The minimum atomic E-state index is -1.18. The predicted octanol–water partition coefficient (Wildman–Crippen LogP) is 3.52. The number of rotatable bonds is 5. The van der Waals surface area contributed by atoms with Gasteiger partial charge in [0.2, 0.25) is 0 Å². The number of urea groups is 1. The summed E-state index contributed by atoms with van der Waals surface area (Å²) in [5.41, 5.74) is 6.40. The summed E-state index contributed by atoms with van der Waals surface area (Å²) in [6.07, 6.45) is 0. The summed E-state index contributed by atoms with van der Waals surface area (Å²) in [6.45, 7) is 1.66. The van der Waals surface area contributed by atoms with Gasteiger partial charge < -0.3 is 5.73 Å². The zero-order valence-corrected chi connectivity index (χ0v) is 17.5. The second kappa shape index (κ2) is 8.80. The highest BCUT2D eigenvalue weighted by Gasteiger charge is 2.50. The van der Waals surface area contributed by atoms with E-state index in [2.05, 4.69) is 10.1 Å². The van der Waals surface area contributed by atoms with Crippen LogP contribution in [0.25, 0.3) is 0 Å². The topological polar surface area (TPSA) is 83.5 Å². The minimum Gasteiger partial charge on any atom is -0.388 e. The van der Waals surface area contributed by atoms with Crippen LogP contribution < -0.4 is 5.73 Å². The van der Waals surface area contributed by atoms with Crippen LogP contribution in [0.5, 0.6) is 0 Å². The number of amidine groups is 1. The van der Waals surface area contributed by atoms with E-state index in [0.717, 1.165) is 35.0 Å². The van der Waals surface area contributed by atoms with E-state index >= 15 is 0 Å². The van der Waals surface area contributed by atoms with Gasteiger partial charge in [0.15, 0.2) is 4.87 Å². The van der Waals surface area contributed by atoms with Gasteiger partial charge in [-0.3, -0.25) is 9.83 Å². The number of aliphatic imine (C=N–C) groups is 1. The number of carbonyl (C=O) groups excluding carboxylic acids is 1. The molecule has 2 aromatic rings. The summed E-state index contributed by atoms with van der Waals surface area (Å²) in [4.78, 5) is 21.3. The summed E-state index contributed by atoms with van der Waals surface area (Å²) >= 11 is 1.10. The van der Waals surface area contributed by atoms with Crippen molar-refractivity contribution in [1.82, 2.24) is 10.1 Å². The lowest BCUT2D eigenvalue weighted by atomic mass is 10.1. The Kier molecular flexibility index (Phi) is 6.37. The van der Waals surface area contributed by atoms with Crippen molar-refractivity contribution in [1.29, 1.82) is 0 Å². The summed E-state index contributed by atoms with van der Waals surface area (Å²) in [5.74, 6) is -0.962. The van der Waals surface area contributed by atoms with Gasteiger partial charge in [-0.25, -0.2) is 18.6 Å². The van der Waals surface area contributed by atoms with Gasteiger partial charge in [0.1, 0.15) is 16.7 Å². The molecule has 1 unspecified atom stereocenters.